The van der Waals surface area contributed by atoms with Crippen molar-refractivity contribution in [1.29, 1.82) is 0 Å². The summed E-state index contributed by atoms with van der Waals surface area (Å²) in [5.41, 5.74) is 3.92. The van der Waals surface area contributed by atoms with Crippen LogP contribution in [0.5, 0.6) is 0 Å². The van der Waals surface area contributed by atoms with Crippen LogP contribution in [0.4, 0.5) is 5.69 Å². The van der Waals surface area contributed by atoms with Gasteiger partial charge in [-0.25, -0.2) is 0 Å². The molecule has 0 amide bonds. The Morgan fingerprint density at radius 3 is 2.89 bits per heavy atom. The molecular formula is C15H22ClNS. The summed E-state index contributed by atoms with van der Waals surface area (Å²) in [5.74, 6) is 0.611. The molecule has 1 aromatic rings. The zero-order valence-corrected chi connectivity index (χ0v) is 12.9. The molecule has 2 rings (SSSR count). The number of benzene rings is 1. The molecule has 0 radical (unpaired) electrons. The number of anilines is 1. The van der Waals surface area contributed by atoms with Gasteiger partial charge in [-0.1, -0.05) is 17.7 Å². The lowest BCUT2D eigenvalue weighted by Crippen LogP contribution is -2.25. The molecule has 1 fully saturated rings. The molecule has 0 aromatic heterocycles. The van der Waals surface area contributed by atoms with E-state index in [4.69, 9.17) is 11.6 Å². The molecule has 0 N–H and O–H groups in total. The molecule has 0 bridgehead atoms. The van der Waals surface area contributed by atoms with Crippen molar-refractivity contribution in [3.8, 4) is 0 Å². The third-order valence-corrected chi connectivity index (χ3v) is 5.15. The predicted molar refractivity (Wildman–Crippen MR) is 84.1 cm³/mol. The van der Waals surface area contributed by atoms with Crippen LogP contribution in [0.3, 0.4) is 0 Å². The van der Waals surface area contributed by atoms with Crippen molar-refractivity contribution < 1.29 is 0 Å². The first kappa shape index (κ1) is 14.1. The Hall–Kier alpha value is -0.340. The standard InChI is InChI=1S/C15H22ClNS/c1-12-5-6-15(13(10-12)11-16)17-8-3-4-14(18-2)7-9-17/h5-6,10,14H,3-4,7-9,11H2,1-2H3. The van der Waals surface area contributed by atoms with Gasteiger partial charge in [0.1, 0.15) is 0 Å². The molecular weight excluding hydrogens is 262 g/mol. The van der Waals surface area contributed by atoms with Gasteiger partial charge in [0.15, 0.2) is 0 Å². The van der Waals surface area contributed by atoms with Crippen LogP contribution in [0.2, 0.25) is 0 Å². The Kier molecular flexibility index (Phi) is 5.25. The van der Waals surface area contributed by atoms with E-state index in [2.05, 4.69) is 36.3 Å². The minimum absolute atomic E-state index is 0.611. The van der Waals surface area contributed by atoms with E-state index in [0.29, 0.717) is 5.88 Å². The van der Waals surface area contributed by atoms with Crippen LogP contribution >= 0.6 is 23.4 Å². The summed E-state index contributed by atoms with van der Waals surface area (Å²) in [4.78, 5) is 2.52. The van der Waals surface area contributed by atoms with Gasteiger partial charge in [-0.2, -0.15) is 11.8 Å². The summed E-state index contributed by atoms with van der Waals surface area (Å²) in [6.07, 6.45) is 6.16. The first-order valence-electron chi connectivity index (χ1n) is 6.68. The second kappa shape index (κ2) is 6.72. The fourth-order valence-electron chi connectivity index (χ4n) is 2.67. The molecule has 1 atom stereocenters. The van der Waals surface area contributed by atoms with Crippen molar-refractivity contribution in [2.45, 2.75) is 37.3 Å². The Morgan fingerprint density at radius 1 is 1.33 bits per heavy atom. The van der Waals surface area contributed by atoms with Gasteiger partial charge in [-0.3, -0.25) is 0 Å². The van der Waals surface area contributed by atoms with Gasteiger partial charge in [0.25, 0.3) is 0 Å². The van der Waals surface area contributed by atoms with Crippen LogP contribution in [-0.2, 0) is 5.88 Å². The minimum Gasteiger partial charge on any atom is -0.371 e. The summed E-state index contributed by atoms with van der Waals surface area (Å²) >= 11 is 8.11. The van der Waals surface area contributed by atoms with Crippen LogP contribution in [-0.4, -0.2) is 24.6 Å². The maximum Gasteiger partial charge on any atom is 0.0494 e. The third kappa shape index (κ3) is 3.36. The van der Waals surface area contributed by atoms with Crippen LogP contribution < -0.4 is 4.90 Å². The minimum atomic E-state index is 0.611. The molecule has 0 saturated carbocycles. The zero-order chi connectivity index (χ0) is 13.0. The highest BCUT2D eigenvalue weighted by atomic mass is 35.5. The van der Waals surface area contributed by atoms with Crippen molar-refractivity contribution in [1.82, 2.24) is 0 Å². The molecule has 1 aliphatic heterocycles. The zero-order valence-electron chi connectivity index (χ0n) is 11.3. The van der Waals surface area contributed by atoms with Gasteiger partial charge in [-0.05, 0) is 44.1 Å². The van der Waals surface area contributed by atoms with Gasteiger partial charge >= 0.3 is 0 Å². The van der Waals surface area contributed by atoms with Crippen LogP contribution in [0.25, 0.3) is 0 Å². The van der Waals surface area contributed by atoms with Crippen molar-refractivity contribution >= 4 is 29.1 Å². The average Bonchev–Trinajstić information content (AvgIpc) is 2.63. The Labute approximate surface area is 120 Å². The molecule has 1 aromatic carbocycles. The Bertz CT molecular complexity index is 394. The monoisotopic (exact) mass is 283 g/mol. The van der Waals surface area contributed by atoms with Gasteiger partial charge in [0.05, 0.1) is 0 Å². The Balaban J connectivity index is 2.15. The lowest BCUT2D eigenvalue weighted by atomic mass is 10.1. The lowest BCUT2D eigenvalue weighted by molar-refractivity contribution is 0.745. The van der Waals surface area contributed by atoms with Gasteiger partial charge in [0, 0.05) is 29.9 Å². The number of hydrogen-bond donors (Lipinski definition) is 0. The predicted octanol–water partition coefficient (Wildman–Crippen LogP) is 4.46. The molecule has 0 aliphatic carbocycles. The summed E-state index contributed by atoms with van der Waals surface area (Å²) in [7, 11) is 0. The number of thioether (sulfide) groups is 1. The Morgan fingerprint density at radius 2 is 2.17 bits per heavy atom. The highest BCUT2D eigenvalue weighted by Crippen LogP contribution is 2.28. The third-order valence-electron chi connectivity index (χ3n) is 3.73. The number of hydrogen-bond acceptors (Lipinski definition) is 2. The van der Waals surface area contributed by atoms with E-state index in [9.17, 15) is 0 Å². The van der Waals surface area contributed by atoms with Crippen LogP contribution in [0.1, 0.15) is 30.4 Å². The van der Waals surface area contributed by atoms with Crippen LogP contribution in [0, 0.1) is 6.92 Å². The molecule has 1 saturated heterocycles. The second-order valence-corrected chi connectivity index (χ2v) is 6.45. The molecule has 0 spiro atoms. The van der Waals surface area contributed by atoms with Crippen molar-refractivity contribution in [3.63, 3.8) is 0 Å². The van der Waals surface area contributed by atoms with E-state index in [-0.39, 0.29) is 0 Å². The van der Waals surface area contributed by atoms with Gasteiger partial charge in [0.2, 0.25) is 0 Å². The molecule has 1 heterocycles. The fraction of sp³-hybridized carbons (Fsp3) is 0.600. The largest absolute Gasteiger partial charge is 0.371 e. The molecule has 1 aliphatic rings. The molecule has 18 heavy (non-hydrogen) atoms. The van der Waals surface area contributed by atoms with E-state index in [1.54, 1.807) is 0 Å². The summed E-state index contributed by atoms with van der Waals surface area (Å²) < 4.78 is 0. The van der Waals surface area contributed by atoms with Gasteiger partial charge in [-0.15, -0.1) is 11.6 Å². The molecule has 3 heteroatoms. The van der Waals surface area contributed by atoms with Crippen LogP contribution in [0.15, 0.2) is 18.2 Å². The summed E-state index contributed by atoms with van der Waals surface area (Å²) in [6.45, 7) is 4.47. The van der Waals surface area contributed by atoms with E-state index in [1.165, 1.54) is 49.2 Å². The molecule has 100 valence electrons. The number of rotatable bonds is 3. The lowest BCUT2D eigenvalue weighted by Gasteiger charge is -2.25. The quantitative estimate of drug-likeness (QED) is 0.754. The van der Waals surface area contributed by atoms with Crippen molar-refractivity contribution in [2.75, 3.05) is 24.2 Å². The normalized spacial score (nSPS) is 20.8. The highest BCUT2D eigenvalue weighted by Gasteiger charge is 2.18. The van der Waals surface area contributed by atoms with E-state index in [0.717, 1.165) is 5.25 Å². The smallest absolute Gasteiger partial charge is 0.0494 e. The highest BCUT2D eigenvalue weighted by molar-refractivity contribution is 7.99. The fourth-order valence-corrected chi connectivity index (χ4v) is 3.63. The maximum absolute atomic E-state index is 6.09. The molecule has 1 nitrogen and oxygen atoms in total. The topological polar surface area (TPSA) is 3.24 Å². The number of nitrogens with zero attached hydrogens (tertiary/aromatic N) is 1. The summed E-state index contributed by atoms with van der Waals surface area (Å²) in [5, 5.41) is 0.833. The van der Waals surface area contributed by atoms with Crippen molar-refractivity contribution in [2.24, 2.45) is 0 Å². The first-order valence-corrected chi connectivity index (χ1v) is 8.50. The SMILES string of the molecule is CSC1CCCN(c2ccc(C)cc2CCl)CC1. The second-order valence-electron chi connectivity index (χ2n) is 5.04. The van der Waals surface area contributed by atoms with E-state index in [1.807, 2.05) is 11.8 Å². The number of aryl methyl sites for hydroxylation is 1. The van der Waals surface area contributed by atoms with E-state index < -0.39 is 0 Å². The average molecular weight is 284 g/mol. The molecule has 1 unspecified atom stereocenters. The maximum atomic E-state index is 6.09. The number of alkyl halides is 1. The van der Waals surface area contributed by atoms with E-state index >= 15 is 0 Å². The first-order chi connectivity index (χ1) is 8.74. The van der Waals surface area contributed by atoms with Crippen molar-refractivity contribution in [3.05, 3.63) is 29.3 Å². The van der Waals surface area contributed by atoms with Gasteiger partial charge < -0.3 is 4.90 Å². The summed E-state index contributed by atoms with van der Waals surface area (Å²) in [6, 6.07) is 6.66. The number of halogens is 1.